The number of hydrogen-bond acceptors (Lipinski definition) is 4. The number of nitrogens with one attached hydrogen (secondary N) is 1. The van der Waals surface area contributed by atoms with E-state index in [4.69, 9.17) is 9.47 Å². The summed E-state index contributed by atoms with van der Waals surface area (Å²) in [6, 6.07) is 10.4. The Morgan fingerprint density at radius 3 is 2.52 bits per heavy atom. The van der Waals surface area contributed by atoms with Gasteiger partial charge >= 0.3 is 0 Å². The minimum Gasteiger partial charge on any atom is -0.486 e. The number of hydrogen-bond donors (Lipinski definition) is 1. The van der Waals surface area contributed by atoms with Gasteiger partial charge in [-0.3, -0.25) is 4.72 Å². The highest BCUT2D eigenvalue weighted by molar-refractivity contribution is 9.10. The van der Waals surface area contributed by atoms with E-state index < -0.39 is 10.0 Å². The molecule has 1 aliphatic heterocycles. The van der Waals surface area contributed by atoms with Crippen LogP contribution in [0.1, 0.15) is 12.5 Å². The average molecular weight is 398 g/mol. The standard InChI is InChI=1S/C16H16BrNO4S/c1-2-11-4-3-5-12(8-11)18-23(19,20)16-10-15-14(9-13(16)17)21-6-7-22-15/h3-5,8-10,18H,2,6-7H2,1H3. The highest BCUT2D eigenvalue weighted by Crippen LogP contribution is 2.37. The second kappa shape index (κ2) is 6.41. The molecule has 0 fully saturated rings. The van der Waals surface area contributed by atoms with Crippen LogP contribution in [0.25, 0.3) is 0 Å². The van der Waals surface area contributed by atoms with Gasteiger partial charge in [0.25, 0.3) is 10.0 Å². The van der Waals surface area contributed by atoms with E-state index in [-0.39, 0.29) is 4.90 Å². The molecule has 0 aliphatic carbocycles. The SMILES string of the molecule is CCc1cccc(NS(=O)(=O)c2cc3c(cc2Br)OCCO3)c1. The van der Waals surface area contributed by atoms with Gasteiger partial charge in [0.05, 0.1) is 0 Å². The number of sulfonamides is 1. The van der Waals surface area contributed by atoms with Crippen LogP contribution in [-0.4, -0.2) is 21.6 Å². The lowest BCUT2D eigenvalue weighted by Gasteiger charge is -2.20. The molecule has 0 spiro atoms. The number of rotatable bonds is 4. The zero-order chi connectivity index (χ0) is 16.4. The van der Waals surface area contributed by atoms with Gasteiger partial charge in [0, 0.05) is 16.2 Å². The molecule has 0 aromatic heterocycles. The van der Waals surface area contributed by atoms with Gasteiger partial charge in [-0.15, -0.1) is 0 Å². The zero-order valence-electron chi connectivity index (χ0n) is 12.5. The van der Waals surface area contributed by atoms with Crippen LogP contribution in [-0.2, 0) is 16.4 Å². The summed E-state index contributed by atoms with van der Waals surface area (Å²) in [5, 5.41) is 0. The molecule has 5 nitrogen and oxygen atoms in total. The van der Waals surface area contributed by atoms with E-state index in [0.717, 1.165) is 12.0 Å². The molecule has 0 radical (unpaired) electrons. The van der Waals surface area contributed by atoms with Crippen molar-refractivity contribution < 1.29 is 17.9 Å². The molecule has 0 atom stereocenters. The van der Waals surface area contributed by atoms with Crippen molar-refractivity contribution in [2.75, 3.05) is 17.9 Å². The maximum atomic E-state index is 12.7. The van der Waals surface area contributed by atoms with Gasteiger partial charge in [-0.2, -0.15) is 0 Å². The molecule has 1 heterocycles. The van der Waals surface area contributed by atoms with Crippen LogP contribution in [0.3, 0.4) is 0 Å². The van der Waals surface area contributed by atoms with Crippen molar-refractivity contribution in [3.8, 4) is 11.5 Å². The summed E-state index contributed by atoms with van der Waals surface area (Å²) < 4.78 is 39.3. The molecule has 3 rings (SSSR count). The molecule has 122 valence electrons. The summed E-state index contributed by atoms with van der Waals surface area (Å²) in [6.07, 6.45) is 0.837. The molecule has 1 aliphatic rings. The van der Waals surface area contributed by atoms with Crippen molar-refractivity contribution >= 4 is 31.6 Å². The van der Waals surface area contributed by atoms with Crippen molar-refractivity contribution in [1.29, 1.82) is 0 Å². The number of halogens is 1. The highest BCUT2D eigenvalue weighted by atomic mass is 79.9. The quantitative estimate of drug-likeness (QED) is 0.855. The molecular formula is C16H16BrNO4S. The number of fused-ring (bicyclic) bond motifs is 1. The van der Waals surface area contributed by atoms with E-state index in [9.17, 15) is 8.42 Å². The lowest BCUT2D eigenvalue weighted by molar-refractivity contribution is 0.171. The van der Waals surface area contributed by atoms with Crippen LogP contribution >= 0.6 is 15.9 Å². The summed E-state index contributed by atoms with van der Waals surface area (Å²) >= 11 is 3.30. The smallest absolute Gasteiger partial charge is 0.263 e. The maximum absolute atomic E-state index is 12.7. The Kier molecular flexibility index (Phi) is 4.50. The Morgan fingerprint density at radius 1 is 1.13 bits per heavy atom. The third kappa shape index (κ3) is 3.45. The molecule has 1 N–H and O–H groups in total. The van der Waals surface area contributed by atoms with Crippen molar-refractivity contribution in [3.63, 3.8) is 0 Å². The Hall–Kier alpha value is -1.73. The Labute approximate surface area is 143 Å². The lowest BCUT2D eigenvalue weighted by Crippen LogP contribution is -2.18. The van der Waals surface area contributed by atoms with Gasteiger partial charge in [0.2, 0.25) is 0 Å². The fourth-order valence-electron chi connectivity index (χ4n) is 2.32. The van der Waals surface area contributed by atoms with Crippen LogP contribution in [0, 0.1) is 0 Å². The molecule has 2 aromatic carbocycles. The molecular weight excluding hydrogens is 382 g/mol. The molecule has 0 unspecified atom stereocenters. The van der Waals surface area contributed by atoms with Gasteiger partial charge in [-0.25, -0.2) is 8.42 Å². The van der Waals surface area contributed by atoms with E-state index in [2.05, 4.69) is 20.7 Å². The largest absolute Gasteiger partial charge is 0.486 e. The first-order chi connectivity index (χ1) is 11.0. The Balaban J connectivity index is 1.96. The molecule has 23 heavy (non-hydrogen) atoms. The Morgan fingerprint density at radius 2 is 1.83 bits per heavy atom. The van der Waals surface area contributed by atoms with E-state index in [1.54, 1.807) is 12.1 Å². The van der Waals surface area contributed by atoms with Crippen molar-refractivity contribution in [2.45, 2.75) is 18.2 Å². The summed E-state index contributed by atoms with van der Waals surface area (Å²) in [5.74, 6) is 0.970. The van der Waals surface area contributed by atoms with Crippen LogP contribution in [0.4, 0.5) is 5.69 Å². The normalized spacial score (nSPS) is 13.7. The molecule has 0 saturated heterocycles. The van der Waals surface area contributed by atoms with Crippen LogP contribution in [0.5, 0.6) is 11.5 Å². The third-order valence-electron chi connectivity index (χ3n) is 3.47. The molecule has 0 bridgehead atoms. The number of benzene rings is 2. The molecule has 0 amide bonds. The van der Waals surface area contributed by atoms with Gasteiger partial charge in [0.15, 0.2) is 11.5 Å². The minimum atomic E-state index is -3.73. The number of aryl methyl sites for hydroxylation is 1. The second-order valence-corrected chi connectivity index (χ2v) is 7.59. The average Bonchev–Trinajstić information content (AvgIpc) is 2.53. The van der Waals surface area contributed by atoms with Gasteiger partial charge < -0.3 is 9.47 Å². The topological polar surface area (TPSA) is 64.6 Å². The van der Waals surface area contributed by atoms with Crippen molar-refractivity contribution in [2.24, 2.45) is 0 Å². The predicted molar refractivity (Wildman–Crippen MR) is 91.8 cm³/mol. The van der Waals surface area contributed by atoms with Crippen molar-refractivity contribution in [1.82, 2.24) is 0 Å². The second-order valence-electron chi connectivity index (χ2n) is 5.09. The van der Waals surface area contributed by atoms with Gasteiger partial charge in [-0.05, 0) is 46.1 Å². The Bertz CT molecular complexity index is 836. The highest BCUT2D eigenvalue weighted by Gasteiger charge is 2.23. The fraction of sp³-hybridized carbons (Fsp3) is 0.250. The molecule has 2 aromatic rings. The first-order valence-electron chi connectivity index (χ1n) is 7.20. The van der Waals surface area contributed by atoms with Crippen molar-refractivity contribution in [3.05, 3.63) is 46.4 Å². The third-order valence-corrected chi connectivity index (χ3v) is 5.81. The molecule has 0 saturated carbocycles. The van der Waals surface area contributed by atoms with E-state index in [1.807, 2.05) is 25.1 Å². The monoisotopic (exact) mass is 397 g/mol. The van der Waals surface area contributed by atoms with Crippen LogP contribution in [0.2, 0.25) is 0 Å². The summed E-state index contributed by atoms with van der Waals surface area (Å²) in [7, 11) is -3.73. The number of anilines is 1. The number of ether oxygens (including phenoxy) is 2. The first kappa shape index (κ1) is 16.1. The van der Waals surface area contributed by atoms with Crippen LogP contribution in [0.15, 0.2) is 45.8 Å². The summed E-state index contributed by atoms with van der Waals surface area (Å²) in [4.78, 5) is 0.114. The van der Waals surface area contributed by atoms with E-state index in [1.165, 1.54) is 6.07 Å². The minimum absolute atomic E-state index is 0.114. The zero-order valence-corrected chi connectivity index (χ0v) is 14.9. The van der Waals surface area contributed by atoms with Gasteiger partial charge in [0.1, 0.15) is 18.1 Å². The molecule has 7 heteroatoms. The summed E-state index contributed by atoms with van der Waals surface area (Å²) in [5.41, 5.74) is 1.59. The fourth-order valence-corrected chi connectivity index (χ4v) is 4.40. The first-order valence-corrected chi connectivity index (χ1v) is 9.48. The lowest BCUT2D eigenvalue weighted by atomic mass is 10.1. The van der Waals surface area contributed by atoms with E-state index in [0.29, 0.717) is 34.9 Å². The van der Waals surface area contributed by atoms with E-state index >= 15 is 0 Å². The van der Waals surface area contributed by atoms with Crippen LogP contribution < -0.4 is 14.2 Å². The predicted octanol–water partition coefficient (Wildman–Crippen LogP) is 3.58. The van der Waals surface area contributed by atoms with Gasteiger partial charge in [-0.1, -0.05) is 19.1 Å². The summed E-state index contributed by atoms with van der Waals surface area (Å²) in [6.45, 7) is 2.87. The maximum Gasteiger partial charge on any atom is 0.263 e.